The lowest BCUT2D eigenvalue weighted by molar-refractivity contribution is 0.0950. The predicted molar refractivity (Wildman–Crippen MR) is 124 cm³/mol. The Morgan fingerprint density at radius 3 is 2.82 bits per heavy atom. The van der Waals surface area contributed by atoms with Crippen LogP contribution in [0.1, 0.15) is 47.3 Å². The van der Waals surface area contributed by atoms with Crippen LogP contribution in [-0.4, -0.2) is 26.4 Å². The number of nitrogens with zero attached hydrogens (tertiary/aromatic N) is 3. The molecule has 0 unspecified atom stereocenters. The average Bonchev–Trinajstić information content (AvgIpc) is 3.52. The molecular formula is C26H26N4O3. The molecule has 0 aliphatic heterocycles. The van der Waals surface area contributed by atoms with Crippen LogP contribution in [0.4, 0.5) is 0 Å². The minimum atomic E-state index is -0.167. The quantitative estimate of drug-likeness (QED) is 0.433. The molecule has 1 saturated carbocycles. The fourth-order valence-corrected chi connectivity index (χ4v) is 3.99. The third kappa shape index (κ3) is 5.31. The summed E-state index contributed by atoms with van der Waals surface area (Å²) in [7, 11) is 0. The summed E-state index contributed by atoms with van der Waals surface area (Å²) in [6.45, 7) is 0.718. The molecule has 0 spiro atoms. The third-order valence-electron chi connectivity index (χ3n) is 5.74. The molecule has 3 aromatic heterocycles. The maximum Gasteiger partial charge on any atom is 0.251 e. The van der Waals surface area contributed by atoms with Crippen molar-refractivity contribution in [3.05, 3.63) is 90.0 Å². The van der Waals surface area contributed by atoms with Gasteiger partial charge >= 0.3 is 0 Å². The monoisotopic (exact) mass is 442 g/mol. The highest BCUT2D eigenvalue weighted by molar-refractivity contribution is 5.94. The van der Waals surface area contributed by atoms with Crippen molar-refractivity contribution in [1.29, 1.82) is 0 Å². The molecule has 7 heteroatoms. The standard InChI is InChI=1S/C26H26N4O3/c31-26(28-16-19-11-12-25(27-15-19)33-22-7-1-2-8-22)20-6-5-9-23(14-20)32-18-21-17-30-13-4-3-10-24(30)29-21/h3-6,9-15,17,22H,1-2,7-8,16,18H2,(H,28,31). The summed E-state index contributed by atoms with van der Waals surface area (Å²) in [5, 5.41) is 2.94. The van der Waals surface area contributed by atoms with Gasteiger partial charge in [-0.25, -0.2) is 9.97 Å². The molecule has 33 heavy (non-hydrogen) atoms. The molecule has 0 saturated heterocycles. The number of benzene rings is 1. The van der Waals surface area contributed by atoms with E-state index in [2.05, 4.69) is 15.3 Å². The van der Waals surface area contributed by atoms with Crippen LogP contribution in [0.15, 0.2) is 73.2 Å². The van der Waals surface area contributed by atoms with E-state index < -0.39 is 0 Å². The fourth-order valence-electron chi connectivity index (χ4n) is 3.99. The van der Waals surface area contributed by atoms with Crippen LogP contribution < -0.4 is 14.8 Å². The molecule has 1 fully saturated rings. The first-order valence-electron chi connectivity index (χ1n) is 11.3. The number of pyridine rings is 2. The zero-order valence-corrected chi connectivity index (χ0v) is 18.3. The van der Waals surface area contributed by atoms with Crippen molar-refractivity contribution in [2.75, 3.05) is 0 Å². The second-order valence-electron chi connectivity index (χ2n) is 8.23. The van der Waals surface area contributed by atoms with E-state index in [0.29, 0.717) is 30.3 Å². The summed E-state index contributed by atoms with van der Waals surface area (Å²) < 4.78 is 13.7. The number of carbonyl (C=O) groups excluding carboxylic acids is 1. The number of hydrogen-bond acceptors (Lipinski definition) is 5. The number of nitrogens with one attached hydrogen (secondary N) is 1. The molecule has 1 aromatic carbocycles. The number of carbonyl (C=O) groups is 1. The minimum Gasteiger partial charge on any atom is -0.487 e. The third-order valence-corrected chi connectivity index (χ3v) is 5.74. The van der Waals surface area contributed by atoms with Gasteiger partial charge in [0, 0.05) is 36.8 Å². The van der Waals surface area contributed by atoms with Gasteiger partial charge in [-0.3, -0.25) is 4.79 Å². The maximum absolute atomic E-state index is 12.6. The second kappa shape index (κ2) is 9.73. The van der Waals surface area contributed by atoms with Crippen LogP contribution in [0.2, 0.25) is 0 Å². The summed E-state index contributed by atoms with van der Waals surface area (Å²) in [5.41, 5.74) is 3.15. The first-order valence-corrected chi connectivity index (χ1v) is 11.3. The van der Waals surface area contributed by atoms with Crippen molar-refractivity contribution in [2.24, 2.45) is 0 Å². The molecule has 3 heterocycles. The van der Waals surface area contributed by atoms with E-state index in [0.717, 1.165) is 29.7 Å². The molecule has 4 aromatic rings. The van der Waals surface area contributed by atoms with Crippen molar-refractivity contribution >= 4 is 11.6 Å². The van der Waals surface area contributed by atoms with Crippen LogP contribution in [0.3, 0.4) is 0 Å². The van der Waals surface area contributed by atoms with Crippen LogP contribution in [0.5, 0.6) is 11.6 Å². The van der Waals surface area contributed by atoms with E-state index in [1.54, 1.807) is 18.3 Å². The van der Waals surface area contributed by atoms with Gasteiger partial charge in [-0.15, -0.1) is 0 Å². The fraction of sp³-hybridized carbons (Fsp3) is 0.269. The topological polar surface area (TPSA) is 77.8 Å². The first kappa shape index (κ1) is 21.0. The number of fused-ring (bicyclic) bond motifs is 1. The highest BCUT2D eigenvalue weighted by Gasteiger charge is 2.17. The smallest absolute Gasteiger partial charge is 0.251 e. The van der Waals surface area contributed by atoms with Crippen LogP contribution in [0, 0.1) is 0 Å². The Bertz CT molecular complexity index is 1200. The Kier molecular flexibility index (Phi) is 6.19. The van der Waals surface area contributed by atoms with E-state index in [4.69, 9.17) is 9.47 Å². The average molecular weight is 443 g/mol. The van der Waals surface area contributed by atoms with Gasteiger partial charge in [0.05, 0.1) is 5.69 Å². The molecule has 0 atom stereocenters. The van der Waals surface area contributed by atoms with Crippen LogP contribution in [-0.2, 0) is 13.2 Å². The van der Waals surface area contributed by atoms with Gasteiger partial charge in [-0.1, -0.05) is 18.2 Å². The summed E-state index contributed by atoms with van der Waals surface area (Å²) in [6.07, 6.45) is 10.6. The molecule has 1 aliphatic rings. The van der Waals surface area contributed by atoms with Crippen molar-refractivity contribution < 1.29 is 14.3 Å². The summed E-state index contributed by atoms with van der Waals surface area (Å²) >= 11 is 0. The summed E-state index contributed by atoms with van der Waals surface area (Å²) in [4.78, 5) is 21.5. The molecule has 168 valence electrons. The Morgan fingerprint density at radius 2 is 2.00 bits per heavy atom. The van der Waals surface area contributed by atoms with Gasteiger partial charge in [0.15, 0.2) is 0 Å². The van der Waals surface area contributed by atoms with Crippen LogP contribution >= 0.6 is 0 Å². The van der Waals surface area contributed by atoms with Crippen molar-refractivity contribution in [1.82, 2.24) is 19.7 Å². The van der Waals surface area contributed by atoms with Gasteiger partial charge in [0.25, 0.3) is 5.91 Å². The Morgan fingerprint density at radius 1 is 1.09 bits per heavy atom. The van der Waals surface area contributed by atoms with E-state index in [1.807, 2.05) is 59.3 Å². The lowest BCUT2D eigenvalue weighted by atomic mass is 10.2. The second-order valence-corrected chi connectivity index (χ2v) is 8.23. The number of amides is 1. The Hall–Kier alpha value is -3.87. The number of ether oxygens (including phenoxy) is 2. The molecule has 1 amide bonds. The summed E-state index contributed by atoms with van der Waals surface area (Å²) in [6, 6.07) is 16.8. The molecule has 7 nitrogen and oxygen atoms in total. The molecule has 1 aliphatic carbocycles. The molecule has 0 bridgehead atoms. The largest absolute Gasteiger partial charge is 0.487 e. The van der Waals surface area contributed by atoms with Crippen LogP contribution in [0.25, 0.3) is 5.65 Å². The number of hydrogen-bond donors (Lipinski definition) is 1. The van der Waals surface area contributed by atoms with E-state index in [1.165, 1.54) is 12.8 Å². The highest BCUT2D eigenvalue weighted by atomic mass is 16.5. The predicted octanol–water partition coefficient (Wildman–Crippen LogP) is 4.56. The Labute approximate surface area is 192 Å². The highest BCUT2D eigenvalue weighted by Crippen LogP contribution is 2.23. The molecule has 5 rings (SSSR count). The zero-order chi connectivity index (χ0) is 22.5. The van der Waals surface area contributed by atoms with Gasteiger partial charge in [-0.2, -0.15) is 0 Å². The van der Waals surface area contributed by atoms with Crippen molar-refractivity contribution in [3.8, 4) is 11.6 Å². The maximum atomic E-state index is 12.6. The zero-order valence-electron chi connectivity index (χ0n) is 18.3. The van der Waals surface area contributed by atoms with E-state index in [-0.39, 0.29) is 12.0 Å². The van der Waals surface area contributed by atoms with Gasteiger partial charge in [-0.05, 0) is 61.6 Å². The summed E-state index contributed by atoms with van der Waals surface area (Å²) in [5.74, 6) is 1.10. The molecule has 0 radical (unpaired) electrons. The van der Waals surface area contributed by atoms with Gasteiger partial charge in [0.1, 0.15) is 24.1 Å². The normalized spacial score (nSPS) is 13.8. The van der Waals surface area contributed by atoms with Gasteiger partial charge < -0.3 is 19.2 Å². The number of rotatable bonds is 8. The Balaban J connectivity index is 1.14. The lowest BCUT2D eigenvalue weighted by Crippen LogP contribution is -2.22. The first-order chi connectivity index (χ1) is 16.2. The van der Waals surface area contributed by atoms with Crippen molar-refractivity contribution in [3.63, 3.8) is 0 Å². The number of imidazole rings is 1. The minimum absolute atomic E-state index is 0.167. The van der Waals surface area contributed by atoms with E-state index in [9.17, 15) is 4.79 Å². The molecule has 1 N–H and O–H groups in total. The van der Waals surface area contributed by atoms with Gasteiger partial charge in [0.2, 0.25) is 5.88 Å². The number of aromatic nitrogens is 3. The lowest BCUT2D eigenvalue weighted by Gasteiger charge is -2.12. The van der Waals surface area contributed by atoms with Crippen molar-refractivity contribution in [2.45, 2.75) is 44.9 Å². The molecular weight excluding hydrogens is 416 g/mol. The SMILES string of the molecule is O=C(NCc1ccc(OC2CCCC2)nc1)c1cccc(OCc2cn3ccccc3n2)c1. The van der Waals surface area contributed by atoms with E-state index >= 15 is 0 Å².